The van der Waals surface area contributed by atoms with Gasteiger partial charge in [-0.1, -0.05) is 109 Å². The van der Waals surface area contributed by atoms with Crippen molar-refractivity contribution in [3.63, 3.8) is 0 Å². The molecule has 0 atom stereocenters. The zero-order valence-corrected chi connectivity index (χ0v) is 27.0. The molecule has 0 amide bonds. The number of fused-ring (bicyclic) bond motifs is 8. The lowest BCUT2D eigenvalue weighted by Crippen LogP contribution is -1.90. The summed E-state index contributed by atoms with van der Waals surface area (Å²) in [4.78, 5) is 30.1. The van der Waals surface area contributed by atoms with E-state index in [0.717, 1.165) is 95.6 Å². The molecule has 8 bridgehead atoms. The SMILES string of the molecule is O=Cc1cccc(-c2c3nc(c(-c4ccccc4)c4ccc([nH]4)c(-c4ccccc4)c4nc(c(-c5ccccc5)c5ccc2[nH]5)C=C4)C=C3)c1. The first-order chi connectivity index (χ1) is 24.7. The highest BCUT2D eigenvalue weighted by atomic mass is 16.1. The Labute approximate surface area is 289 Å². The molecule has 0 radical (unpaired) electrons. The number of nitrogens with one attached hydrogen (secondary N) is 2. The number of carbonyl (C=O) groups excluding carboxylic acids is 1. The molecule has 4 aromatic carbocycles. The number of hydrogen-bond donors (Lipinski definition) is 2. The topological polar surface area (TPSA) is 74.4 Å². The number of rotatable bonds is 5. The van der Waals surface area contributed by atoms with Gasteiger partial charge in [-0.05, 0) is 76.9 Å². The Morgan fingerprint density at radius 1 is 0.380 bits per heavy atom. The van der Waals surface area contributed by atoms with Crippen molar-refractivity contribution in [1.82, 2.24) is 19.9 Å². The van der Waals surface area contributed by atoms with Crippen LogP contribution in [0.4, 0.5) is 0 Å². The zero-order valence-electron chi connectivity index (χ0n) is 27.0. The maximum Gasteiger partial charge on any atom is 0.150 e. The van der Waals surface area contributed by atoms with Gasteiger partial charge in [-0.15, -0.1) is 0 Å². The lowest BCUT2D eigenvalue weighted by Gasteiger charge is -2.07. The minimum atomic E-state index is 0.603. The van der Waals surface area contributed by atoms with E-state index in [1.807, 2.05) is 42.5 Å². The number of nitrogens with zero attached hydrogens (tertiary/aromatic N) is 2. The highest BCUT2D eigenvalue weighted by molar-refractivity contribution is 6.00. The van der Waals surface area contributed by atoms with Gasteiger partial charge < -0.3 is 9.97 Å². The van der Waals surface area contributed by atoms with Crippen LogP contribution in [0.3, 0.4) is 0 Å². The van der Waals surface area contributed by atoms with E-state index in [0.29, 0.717) is 5.56 Å². The van der Waals surface area contributed by atoms with Crippen LogP contribution < -0.4 is 0 Å². The lowest BCUT2D eigenvalue weighted by atomic mass is 10.0. The second kappa shape index (κ2) is 12.3. The molecule has 0 aliphatic carbocycles. The fraction of sp³-hybridized carbons (Fsp3) is 0. The third kappa shape index (κ3) is 5.18. The molecule has 0 fully saturated rings. The molecule has 0 saturated carbocycles. The summed E-state index contributed by atoms with van der Waals surface area (Å²) in [5, 5.41) is 0. The monoisotopic (exact) mass is 642 g/mol. The third-order valence-corrected chi connectivity index (χ3v) is 9.25. The van der Waals surface area contributed by atoms with Crippen LogP contribution in [0.15, 0.2) is 140 Å². The molecule has 2 aliphatic rings. The van der Waals surface area contributed by atoms with Gasteiger partial charge in [0.1, 0.15) is 6.29 Å². The summed E-state index contributed by atoms with van der Waals surface area (Å²) in [5.74, 6) is 0. The predicted octanol–water partition coefficient (Wildman–Crippen LogP) is 11.1. The summed E-state index contributed by atoms with van der Waals surface area (Å²) in [6.45, 7) is 0. The second-order valence-corrected chi connectivity index (χ2v) is 12.3. The molecular weight excluding hydrogens is 613 g/mol. The minimum Gasteiger partial charge on any atom is -0.354 e. The fourth-order valence-corrected chi connectivity index (χ4v) is 7.00. The van der Waals surface area contributed by atoms with Crippen LogP contribution >= 0.6 is 0 Å². The quantitative estimate of drug-likeness (QED) is 0.183. The molecule has 0 unspecified atom stereocenters. The largest absolute Gasteiger partial charge is 0.354 e. The Bertz CT molecular complexity index is 2610. The molecule has 3 aromatic heterocycles. The summed E-state index contributed by atoms with van der Waals surface area (Å²) in [6, 6.07) is 47.3. The first-order valence-corrected chi connectivity index (χ1v) is 16.6. The second-order valence-electron chi connectivity index (χ2n) is 12.3. The van der Waals surface area contributed by atoms with Crippen LogP contribution in [0.2, 0.25) is 0 Å². The van der Waals surface area contributed by atoms with Crippen molar-refractivity contribution in [2.45, 2.75) is 0 Å². The number of hydrogen-bond acceptors (Lipinski definition) is 3. The summed E-state index contributed by atoms with van der Waals surface area (Å²) >= 11 is 0. The van der Waals surface area contributed by atoms with E-state index < -0.39 is 0 Å². The van der Waals surface area contributed by atoms with Gasteiger partial charge in [0.2, 0.25) is 0 Å². The van der Waals surface area contributed by atoms with Crippen molar-refractivity contribution in [3.8, 4) is 44.5 Å². The van der Waals surface area contributed by atoms with E-state index in [1.165, 1.54) is 0 Å². The molecule has 5 nitrogen and oxygen atoms in total. The Balaban J connectivity index is 1.48. The smallest absolute Gasteiger partial charge is 0.150 e. The van der Waals surface area contributed by atoms with Gasteiger partial charge in [0.25, 0.3) is 0 Å². The van der Waals surface area contributed by atoms with E-state index in [4.69, 9.17) is 9.97 Å². The van der Waals surface area contributed by atoms with Crippen LogP contribution in [0, 0.1) is 0 Å². The summed E-state index contributed by atoms with van der Waals surface area (Å²) in [6.07, 6.45) is 9.25. The van der Waals surface area contributed by atoms with Crippen molar-refractivity contribution >= 4 is 52.7 Å². The maximum absolute atomic E-state index is 11.9. The highest BCUT2D eigenvalue weighted by Gasteiger charge is 2.18. The lowest BCUT2D eigenvalue weighted by molar-refractivity contribution is 0.112. The molecule has 7 aromatic rings. The van der Waals surface area contributed by atoms with Gasteiger partial charge in [0, 0.05) is 49.9 Å². The number of carbonyl (C=O) groups is 1. The summed E-state index contributed by atoms with van der Waals surface area (Å²) < 4.78 is 0. The van der Waals surface area contributed by atoms with E-state index in [9.17, 15) is 4.79 Å². The van der Waals surface area contributed by atoms with Crippen molar-refractivity contribution < 1.29 is 4.79 Å². The van der Waals surface area contributed by atoms with Gasteiger partial charge in [0.15, 0.2) is 0 Å². The Morgan fingerprint density at radius 3 is 1.08 bits per heavy atom. The Kier molecular flexibility index (Phi) is 7.21. The average Bonchev–Trinajstić information content (AvgIpc) is 4.01. The van der Waals surface area contributed by atoms with Crippen LogP contribution in [-0.4, -0.2) is 26.2 Å². The first kappa shape index (κ1) is 29.3. The number of H-pyrrole nitrogens is 2. The highest BCUT2D eigenvalue weighted by Crippen LogP contribution is 2.38. The Morgan fingerprint density at radius 2 is 0.720 bits per heavy atom. The van der Waals surface area contributed by atoms with Crippen molar-refractivity contribution in [2.75, 3.05) is 0 Å². The molecule has 50 heavy (non-hydrogen) atoms. The molecule has 5 heterocycles. The van der Waals surface area contributed by atoms with E-state index in [2.05, 4.69) is 131 Å². The van der Waals surface area contributed by atoms with Gasteiger partial charge in [-0.3, -0.25) is 4.79 Å². The van der Waals surface area contributed by atoms with Crippen molar-refractivity contribution in [3.05, 3.63) is 168 Å². The van der Waals surface area contributed by atoms with Crippen molar-refractivity contribution in [1.29, 1.82) is 0 Å². The normalized spacial score (nSPS) is 11.9. The number of aromatic nitrogens is 4. The molecule has 236 valence electrons. The minimum absolute atomic E-state index is 0.603. The maximum atomic E-state index is 11.9. The molecule has 5 heteroatoms. The number of aldehydes is 1. The molecule has 0 spiro atoms. The zero-order chi connectivity index (χ0) is 33.4. The van der Waals surface area contributed by atoms with Crippen LogP contribution in [0.5, 0.6) is 0 Å². The number of aromatic amines is 2. The fourth-order valence-electron chi connectivity index (χ4n) is 7.00. The average molecular weight is 643 g/mol. The van der Waals surface area contributed by atoms with Gasteiger partial charge in [0.05, 0.1) is 22.8 Å². The Hall–Kier alpha value is -6.85. The van der Waals surface area contributed by atoms with Crippen LogP contribution in [-0.2, 0) is 0 Å². The van der Waals surface area contributed by atoms with Gasteiger partial charge in [-0.25, -0.2) is 9.97 Å². The van der Waals surface area contributed by atoms with Crippen LogP contribution in [0.1, 0.15) is 33.1 Å². The van der Waals surface area contributed by atoms with E-state index >= 15 is 0 Å². The predicted molar refractivity (Wildman–Crippen MR) is 206 cm³/mol. The van der Waals surface area contributed by atoms with Crippen LogP contribution in [0.25, 0.3) is 90.9 Å². The molecule has 9 rings (SSSR count). The van der Waals surface area contributed by atoms with Gasteiger partial charge in [-0.2, -0.15) is 0 Å². The van der Waals surface area contributed by atoms with E-state index in [1.54, 1.807) is 0 Å². The van der Waals surface area contributed by atoms with Crippen molar-refractivity contribution in [2.24, 2.45) is 0 Å². The number of benzene rings is 4. The first-order valence-electron chi connectivity index (χ1n) is 16.6. The third-order valence-electron chi connectivity index (χ3n) is 9.25. The standard InChI is InChI=1S/C45H30N4O/c50-28-29-11-10-18-33(27-29)45-40-25-23-38(48-40)43(31-14-6-2-7-15-31)36-21-19-34(46-36)42(30-12-4-1-5-13-30)35-20-22-37(47-35)44(32-16-8-3-9-17-32)39-24-26-41(45)49-39/h1-28,46,49H. The summed E-state index contributed by atoms with van der Waals surface area (Å²) in [5.41, 5.74) is 15.7. The molecule has 2 aliphatic heterocycles. The molecular formula is C45H30N4O. The summed E-state index contributed by atoms with van der Waals surface area (Å²) in [7, 11) is 0. The molecule has 2 N–H and O–H groups in total. The van der Waals surface area contributed by atoms with E-state index in [-0.39, 0.29) is 0 Å². The van der Waals surface area contributed by atoms with Gasteiger partial charge >= 0.3 is 0 Å². The molecule has 0 saturated heterocycles.